The molecule has 5 N–H and O–H groups in total. The Balaban J connectivity index is 1.63. The second-order valence-electron chi connectivity index (χ2n) is 11.5. The molecule has 41 heavy (non-hydrogen) atoms. The van der Waals surface area contributed by atoms with E-state index in [1.807, 2.05) is 58.0 Å². The maximum atomic E-state index is 14.0. The van der Waals surface area contributed by atoms with Crippen molar-refractivity contribution in [2.24, 2.45) is 17.1 Å². The second kappa shape index (κ2) is 12.3. The molecule has 4 rings (SSSR count). The SMILES string of the molecule is Cc1sc(S(=O)(=O)O)c(C)[n+]1C(N)c1cccc(NC(=O)C(C)(C)C2C(OC(C)C)CCNC2c2ccccc2)c1. The number of aryl methyl sites for hydroxylation is 1. The Kier molecular flexibility index (Phi) is 9.37. The molecule has 2 aromatic carbocycles. The lowest BCUT2D eigenvalue weighted by Crippen LogP contribution is -2.54. The van der Waals surface area contributed by atoms with Gasteiger partial charge in [-0.3, -0.25) is 15.1 Å². The number of piperidine rings is 1. The zero-order valence-corrected chi connectivity index (χ0v) is 26.1. The number of nitrogens with two attached hydrogens (primary N) is 1. The molecule has 2 heterocycles. The molecule has 1 aliphatic rings. The first-order valence-corrected chi connectivity index (χ1v) is 16.1. The number of hydrogen-bond acceptors (Lipinski definition) is 7. The second-order valence-corrected chi connectivity index (χ2v) is 14.3. The molecule has 0 saturated carbocycles. The molecule has 0 aliphatic carbocycles. The third-order valence-corrected chi connectivity index (χ3v) is 10.4. The summed E-state index contributed by atoms with van der Waals surface area (Å²) in [4.78, 5) is 14.0. The molecule has 4 unspecified atom stereocenters. The molecule has 1 aliphatic heterocycles. The van der Waals surface area contributed by atoms with Crippen LogP contribution in [0.1, 0.15) is 68.2 Å². The van der Waals surface area contributed by atoms with Crippen LogP contribution in [-0.4, -0.2) is 37.6 Å². The molecule has 11 heteroatoms. The summed E-state index contributed by atoms with van der Waals surface area (Å²) in [6.45, 7) is 12.1. The largest absolute Gasteiger partial charge is 0.375 e. The Bertz CT molecular complexity index is 1490. The molecule has 222 valence electrons. The maximum Gasteiger partial charge on any atom is 0.310 e. The highest BCUT2D eigenvalue weighted by atomic mass is 32.3. The fraction of sp³-hybridized carbons (Fsp3) is 0.467. The molecule has 9 nitrogen and oxygen atoms in total. The van der Waals surface area contributed by atoms with Crippen LogP contribution in [-0.2, 0) is 19.6 Å². The summed E-state index contributed by atoms with van der Waals surface area (Å²) >= 11 is 0.965. The summed E-state index contributed by atoms with van der Waals surface area (Å²) in [5, 5.41) is 7.38. The minimum Gasteiger partial charge on any atom is -0.375 e. The van der Waals surface area contributed by atoms with Crippen LogP contribution in [0.2, 0.25) is 0 Å². The summed E-state index contributed by atoms with van der Waals surface area (Å²) in [6, 6.07) is 17.3. The zero-order chi connectivity index (χ0) is 30.1. The van der Waals surface area contributed by atoms with Crippen LogP contribution in [0.25, 0.3) is 0 Å². The number of benzene rings is 2. The number of aromatic nitrogens is 1. The van der Waals surface area contributed by atoms with E-state index in [4.69, 9.17) is 10.5 Å². The van der Waals surface area contributed by atoms with E-state index in [2.05, 4.69) is 22.8 Å². The quantitative estimate of drug-likeness (QED) is 0.209. The molecule has 1 fully saturated rings. The summed E-state index contributed by atoms with van der Waals surface area (Å²) in [5.74, 6) is -0.281. The molecule has 1 aromatic heterocycles. The normalized spacial score (nSPS) is 20.7. The van der Waals surface area contributed by atoms with Gasteiger partial charge < -0.3 is 15.4 Å². The van der Waals surface area contributed by atoms with E-state index in [0.717, 1.165) is 29.9 Å². The number of ether oxygens (including phenoxy) is 1. The van der Waals surface area contributed by atoms with Crippen molar-refractivity contribution in [3.8, 4) is 0 Å². The first kappa shape index (κ1) is 31.3. The van der Waals surface area contributed by atoms with E-state index in [0.29, 0.717) is 22.0 Å². The molecule has 4 atom stereocenters. The van der Waals surface area contributed by atoms with Crippen LogP contribution in [0.3, 0.4) is 0 Å². The van der Waals surface area contributed by atoms with Gasteiger partial charge in [-0.15, -0.1) is 0 Å². The number of anilines is 1. The lowest BCUT2D eigenvalue weighted by Gasteiger charge is -2.47. The lowest BCUT2D eigenvalue weighted by molar-refractivity contribution is -0.720. The van der Waals surface area contributed by atoms with Crippen molar-refractivity contribution in [3.63, 3.8) is 0 Å². The zero-order valence-electron chi connectivity index (χ0n) is 24.4. The first-order valence-electron chi connectivity index (χ1n) is 13.8. The first-order chi connectivity index (χ1) is 19.2. The number of thiazole rings is 1. The molecule has 3 aromatic rings. The maximum absolute atomic E-state index is 14.0. The number of carbonyl (C=O) groups excluding carboxylic acids is 1. The molecule has 0 spiro atoms. The van der Waals surface area contributed by atoms with Gasteiger partial charge in [0, 0.05) is 37.1 Å². The Morgan fingerprint density at radius 3 is 2.46 bits per heavy atom. The molecule has 0 bridgehead atoms. The van der Waals surface area contributed by atoms with Crippen molar-refractivity contribution in [2.75, 3.05) is 11.9 Å². The minimum atomic E-state index is -4.37. The van der Waals surface area contributed by atoms with E-state index in [9.17, 15) is 17.8 Å². The Morgan fingerprint density at radius 1 is 1.17 bits per heavy atom. The third kappa shape index (κ3) is 6.71. The number of rotatable bonds is 9. The Morgan fingerprint density at radius 2 is 1.85 bits per heavy atom. The highest BCUT2D eigenvalue weighted by Crippen LogP contribution is 2.44. The number of nitrogens with zero attached hydrogens (tertiary/aromatic N) is 1. The average Bonchev–Trinajstić information content (AvgIpc) is 3.22. The van der Waals surface area contributed by atoms with Gasteiger partial charge in [-0.05, 0) is 44.5 Å². The molecule has 1 saturated heterocycles. The fourth-order valence-corrected chi connectivity index (χ4v) is 8.02. The predicted molar refractivity (Wildman–Crippen MR) is 160 cm³/mol. The van der Waals surface area contributed by atoms with E-state index < -0.39 is 21.7 Å². The highest BCUT2D eigenvalue weighted by molar-refractivity contribution is 7.88. The molecular formula is C30H41N4O5S2+. The van der Waals surface area contributed by atoms with Gasteiger partial charge >= 0.3 is 10.1 Å². The summed E-state index contributed by atoms with van der Waals surface area (Å²) in [5.41, 5.74) is 8.50. The standard InChI is InChI=1S/C30H40N4O5S2/c1-18(2)39-24-15-16-32-26(21-11-8-7-9-12-21)25(24)30(5,6)29(35)33-23-14-10-13-22(17-23)27(31)34-19(3)28(40-20(34)4)41(36,37)38/h7-14,17-18,24-27,32H,15-16,31H2,1-6H3,(H-,33,35,36,37,38)/p+1. The van der Waals surface area contributed by atoms with Crippen LogP contribution in [0, 0.1) is 25.2 Å². The average molecular weight is 602 g/mol. The molecule has 0 radical (unpaired) electrons. The van der Waals surface area contributed by atoms with Gasteiger partial charge in [0.2, 0.25) is 27.0 Å². The number of carbonyl (C=O) groups is 1. The van der Waals surface area contributed by atoms with Gasteiger partial charge in [0.05, 0.1) is 17.6 Å². The summed E-state index contributed by atoms with van der Waals surface area (Å²) in [7, 11) is -4.37. The van der Waals surface area contributed by atoms with Crippen molar-refractivity contribution in [1.29, 1.82) is 0 Å². The van der Waals surface area contributed by atoms with Crippen molar-refractivity contribution in [3.05, 3.63) is 76.4 Å². The predicted octanol–water partition coefficient (Wildman–Crippen LogP) is 4.51. The van der Waals surface area contributed by atoms with Crippen molar-refractivity contribution < 1.29 is 27.1 Å². The monoisotopic (exact) mass is 601 g/mol. The van der Waals surface area contributed by atoms with Crippen molar-refractivity contribution >= 4 is 33.0 Å². The number of amides is 1. The summed E-state index contributed by atoms with van der Waals surface area (Å²) in [6.07, 6.45) is -0.00716. The van der Waals surface area contributed by atoms with Crippen LogP contribution < -0.4 is 20.9 Å². The van der Waals surface area contributed by atoms with Crippen molar-refractivity contribution in [1.82, 2.24) is 5.32 Å². The lowest BCUT2D eigenvalue weighted by atomic mass is 9.67. The molecule has 1 amide bonds. The fourth-order valence-electron chi connectivity index (χ4n) is 5.90. The van der Waals surface area contributed by atoms with Crippen LogP contribution in [0.5, 0.6) is 0 Å². The van der Waals surface area contributed by atoms with Crippen LogP contribution in [0.15, 0.2) is 58.8 Å². The smallest absolute Gasteiger partial charge is 0.310 e. The van der Waals surface area contributed by atoms with Gasteiger partial charge in [0.25, 0.3) is 0 Å². The van der Waals surface area contributed by atoms with E-state index >= 15 is 0 Å². The summed E-state index contributed by atoms with van der Waals surface area (Å²) < 4.78 is 41.2. The van der Waals surface area contributed by atoms with Crippen LogP contribution >= 0.6 is 11.3 Å². The Hall–Kier alpha value is -2.67. The van der Waals surface area contributed by atoms with Crippen molar-refractivity contribution in [2.45, 2.75) is 76.6 Å². The number of nitrogens with one attached hydrogen (secondary N) is 2. The molecular weight excluding hydrogens is 560 g/mol. The van der Waals surface area contributed by atoms with Gasteiger partial charge in [-0.1, -0.05) is 67.6 Å². The van der Waals surface area contributed by atoms with E-state index in [1.165, 1.54) is 0 Å². The van der Waals surface area contributed by atoms with Gasteiger partial charge in [-0.25, -0.2) is 0 Å². The van der Waals surface area contributed by atoms with Crippen LogP contribution in [0.4, 0.5) is 5.69 Å². The van der Waals surface area contributed by atoms with Gasteiger partial charge in [0.15, 0.2) is 0 Å². The third-order valence-electron chi connectivity index (χ3n) is 7.81. The van der Waals surface area contributed by atoms with E-state index in [-0.39, 0.29) is 34.3 Å². The van der Waals surface area contributed by atoms with Gasteiger partial charge in [-0.2, -0.15) is 13.0 Å². The highest BCUT2D eigenvalue weighted by Gasteiger charge is 2.48. The minimum absolute atomic E-state index is 0.0249. The topological polar surface area (TPSA) is 135 Å². The van der Waals surface area contributed by atoms with E-state index in [1.54, 1.807) is 30.5 Å². The van der Waals surface area contributed by atoms with Gasteiger partial charge in [0.1, 0.15) is 0 Å². The Labute approximate surface area is 246 Å². The number of hydrogen-bond donors (Lipinski definition) is 4.